The Labute approximate surface area is 145 Å². The zero-order valence-corrected chi connectivity index (χ0v) is 15.5. The first-order valence-corrected chi connectivity index (χ1v) is 8.67. The fourth-order valence-electron chi connectivity index (χ4n) is 3.04. The summed E-state index contributed by atoms with van der Waals surface area (Å²) in [5, 5.41) is 3.55. The Morgan fingerprint density at radius 1 is 1.25 bits per heavy atom. The van der Waals surface area contributed by atoms with Gasteiger partial charge in [-0.2, -0.15) is 0 Å². The Morgan fingerprint density at radius 3 is 2.46 bits per heavy atom. The standard InChI is InChI=1S/C19H30N2O3/c1-14(20-16-8-6-7-9-17(16)23-5)15-10-12-21(13-11-15)18(22)24-19(2,3)4/h6-9,14-15,20H,10-13H2,1-5H3. The summed E-state index contributed by atoms with van der Waals surface area (Å²) >= 11 is 0. The van der Waals surface area contributed by atoms with Crippen LogP contribution in [0.3, 0.4) is 0 Å². The molecule has 0 aromatic heterocycles. The second-order valence-electron chi connectivity index (χ2n) is 7.44. The largest absolute Gasteiger partial charge is 0.495 e. The molecule has 1 aliphatic heterocycles. The van der Waals surface area contributed by atoms with Crippen molar-refractivity contribution >= 4 is 11.8 Å². The van der Waals surface area contributed by atoms with E-state index in [1.165, 1.54) is 0 Å². The molecule has 1 aromatic carbocycles. The van der Waals surface area contributed by atoms with Gasteiger partial charge in [0.2, 0.25) is 0 Å². The van der Waals surface area contributed by atoms with E-state index in [0.717, 1.165) is 37.4 Å². The number of hydrogen-bond acceptors (Lipinski definition) is 4. The molecule has 1 amide bonds. The maximum atomic E-state index is 12.1. The molecule has 2 rings (SSSR count). The van der Waals surface area contributed by atoms with Crippen LogP contribution in [0.1, 0.15) is 40.5 Å². The second-order valence-corrected chi connectivity index (χ2v) is 7.44. The summed E-state index contributed by atoms with van der Waals surface area (Å²) in [5.41, 5.74) is 0.578. The quantitative estimate of drug-likeness (QED) is 0.899. The zero-order valence-electron chi connectivity index (χ0n) is 15.5. The Hall–Kier alpha value is -1.91. The van der Waals surface area contributed by atoms with Crippen LogP contribution in [0.15, 0.2) is 24.3 Å². The number of nitrogens with zero attached hydrogens (tertiary/aromatic N) is 1. The van der Waals surface area contributed by atoms with E-state index >= 15 is 0 Å². The van der Waals surface area contributed by atoms with Crippen LogP contribution >= 0.6 is 0 Å². The van der Waals surface area contributed by atoms with Gasteiger partial charge in [-0.25, -0.2) is 4.79 Å². The van der Waals surface area contributed by atoms with E-state index in [9.17, 15) is 4.79 Å². The number of carbonyl (C=O) groups is 1. The van der Waals surface area contributed by atoms with Crippen molar-refractivity contribution in [2.45, 2.75) is 52.2 Å². The first-order chi connectivity index (χ1) is 11.3. The van der Waals surface area contributed by atoms with Gasteiger partial charge in [0.15, 0.2) is 0 Å². The van der Waals surface area contributed by atoms with Gasteiger partial charge < -0.3 is 19.7 Å². The van der Waals surface area contributed by atoms with Crippen molar-refractivity contribution in [1.29, 1.82) is 0 Å². The van der Waals surface area contributed by atoms with Crippen molar-refractivity contribution in [3.63, 3.8) is 0 Å². The fraction of sp³-hybridized carbons (Fsp3) is 0.632. The Bertz CT molecular complexity index is 546. The minimum Gasteiger partial charge on any atom is -0.495 e. The molecule has 24 heavy (non-hydrogen) atoms. The number of likely N-dealkylation sites (tertiary alicyclic amines) is 1. The van der Waals surface area contributed by atoms with Crippen LogP contribution in [0.2, 0.25) is 0 Å². The van der Waals surface area contributed by atoms with Gasteiger partial charge in [0.05, 0.1) is 12.8 Å². The van der Waals surface area contributed by atoms with E-state index in [1.807, 2.05) is 49.9 Å². The van der Waals surface area contributed by atoms with Crippen LogP contribution < -0.4 is 10.1 Å². The van der Waals surface area contributed by atoms with Crippen LogP contribution in [0.5, 0.6) is 5.75 Å². The van der Waals surface area contributed by atoms with Crippen molar-refractivity contribution in [3.05, 3.63) is 24.3 Å². The monoisotopic (exact) mass is 334 g/mol. The third kappa shape index (κ3) is 5.05. The van der Waals surface area contributed by atoms with Gasteiger partial charge in [-0.1, -0.05) is 12.1 Å². The highest BCUT2D eigenvalue weighted by molar-refractivity contribution is 5.68. The molecular weight excluding hydrogens is 304 g/mol. The molecule has 0 spiro atoms. The summed E-state index contributed by atoms with van der Waals surface area (Å²) < 4.78 is 10.9. The lowest BCUT2D eigenvalue weighted by Crippen LogP contribution is -2.44. The number of ether oxygens (including phenoxy) is 2. The van der Waals surface area contributed by atoms with Crippen molar-refractivity contribution < 1.29 is 14.3 Å². The smallest absolute Gasteiger partial charge is 0.410 e. The number of anilines is 1. The maximum absolute atomic E-state index is 12.1. The number of methoxy groups -OCH3 is 1. The van der Waals surface area contributed by atoms with Crippen LogP contribution in [0, 0.1) is 5.92 Å². The highest BCUT2D eigenvalue weighted by Crippen LogP contribution is 2.28. The molecule has 1 unspecified atom stereocenters. The highest BCUT2D eigenvalue weighted by Gasteiger charge is 2.29. The predicted octanol–water partition coefficient (Wildman–Crippen LogP) is 4.14. The minimum absolute atomic E-state index is 0.203. The Morgan fingerprint density at radius 2 is 1.88 bits per heavy atom. The van der Waals surface area contributed by atoms with E-state index in [0.29, 0.717) is 12.0 Å². The van der Waals surface area contributed by atoms with E-state index in [2.05, 4.69) is 12.2 Å². The van der Waals surface area contributed by atoms with Crippen LogP contribution in [0.25, 0.3) is 0 Å². The van der Waals surface area contributed by atoms with Gasteiger partial charge in [-0.05, 0) is 58.6 Å². The highest BCUT2D eigenvalue weighted by atomic mass is 16.6. The lowest BCUT2D eigenvalue weighted by Gasteiger charge is -2.36. The molecule has 0 bridgehead atoms. The molecule has 1 aliphatic rings. The molecule has 0 radical (unpaired) electrons. The summed E-state index contributed by atoms with van der Waals surface area (Å²) in [6.07, 6.45) is 1.75. The summed E-state index contributed by atoms with van der Waals surface area (Å²) in [6, 6.07) is 8.28. The molecular formula is C19H30N2O3. The number of carbonyl (C=O) groups excluding carboxylic acids is 1. The summed E-state index contributed by atoms with van der Waals surface area (Å²) in [7, 11) is 1.69. The summed E-state index contributed by atoms with van der Waals surface area (Å²) in [5.74, 6) is 1.38. The third-order valence-corrected chi connectivity index (χ3v) is 4.39. The van der Waals surface area contributed by atoms with Crippen molar-refractivity contribution in [3.8, 4) is 5.75 Å². The van der Waals surface area contributed by atoms with Gasteiger partial charge in [0.25, 0.3) is 0 Å². The van der Waals surface area contributed by atoms with Crippen molar-refractivity contribution in [2.24, 2.45) is 5.92 Å². The van der Waals surface area contributed by atoms with Crippen LogP contribution in [0.4, 0.5) is 10.5 Å². The average molecular weight is 334 g/mol. The van der Waals surface area contributed by atoms with Gasteiger partial charge in [-0.3, -0.25) is 0 Å². The van der Waals surface area contributed by atoms with E-state index in [-0.39, 0.29) is 6.09 Å². The first kappa shape index (κ1) is 18.4. The Balaban J connectivity index is 1.86. The molecule has 5 nitrogen and oxygen atoms in total. The molecule has 5 heteroatoms. The molecule has 1 heterocycles. The number of amides is 1. The summed E-state index contributed by atoms with van der Waals surface area (Å²) in [4.78, 5) is 14.0. The van der Waals surface area contributed by atoms with Crippen molar-refractivity contribution in [2.75, 3.05) is 25.5 Å². The maximum Gasteiger partial charge on any atom is 0.410 e. The van der Waals surface area contributed by atoms with Crippen LogP contribution in [-0.4, -0.2) is 42.8 Å². The van der Waals surface area contributed by atoms with E-state index in [4.69, 9.17) is 9.47 Å². The number of rotatable bonds is 4. The number of para-hydroxylation sites is 2. The predicted molar refractivity (Wildman–Crippen MR) is 96.6 cm³/mol. The third-order valence-electron chi connectivity index (χ3n) is 4.39. The molecule has 1 atom stereocenters. The summed E-state index contributed by atoms with van der Waals surface area (Å²) in [6.45, 7) is 9.39. The topological polar surface area (TPSA) is 50.8 Å². The first-order valence-electron chi connectivity index (χ1n) is 8.67. The lowest BCUT2D eigenvalue weighted by atomic mass is 9.90. The molecule has 1 fully saturated rings. The SMILES string of the molecule is COc1ccccc1NC(C)C1CCN(C(=O)OC(C)(C)C)CC1. The molecule has 1 saturated heterocycles. The molecule has 134 valence electrons. The number of hydrogen-bond donors (Lipinski definition) is 1. The van der Waals surface area contributed by atoms with E-state index < -0.39 is 5.60 Å². The number of nitrogens with one attached hydrogen (secondary N) is 1. The molecule has 1 aromatic rings. The second kappa shape index (κ2) is 7.77. The average Bonchev–Trinajstić information content (AvgIpc) is 2.54. The molecule has 1 N–H and O–H groups in total. The van der Waals surface area contributed by atoms with Gasteiger partial charge >= 0.3 is 6.09 Å². The normalized spacial score (nSPS) is 17.3. The minimum atomic E-state index is -0.438. The van der Waals surface area contributed by atoms with Gasteiger partial charge in [0, 0.05) is 19.1 Å². The van der Waals surface area contributed by atoms with Crippen molar-refractivity contribution in [1.82, 2.24) is 4.90 Å². The van der Waals surface area contributed by atoms with Gasteiger partial charge in [-0.15, -0.1) is 0 Å². The number of piperidine rings is 1. The zero-order chi connectivity index (χ0) is 17.7. The van der Waals surface area contributed by atoms with Crippen LogP contribution in [-0.2, 0) is 4.74 Å². The lowest BCUT2D eigenvalue weighted by molar-refractivity contribution is 0.0179. The van der Waals surface area contributed by atoms with E-state index in [1.54, 1.807) is 7.11 Å². The fourth-order valence-corrected chi connectivity index (χ4v) is 3.04. The molecule has 0 aliphatic carbocycles. The Kier molecular flexibility index (Phi) is 5.97. The molecule has 0 saturated carbocycles. The number of benzene rings is 1. The van der Waals surface area contributed by atoms with Gasteiger partial charge in [0.1, 0.15) is 11.4 Å².